The molecule has 0 bridgehead atoms. The van der Waals surface area contributed by atoms with E-state index in [2.05, 4.69) is 9.97 Å². The van der Waals surface area contributed by atoms with E-state index in [1.54, 1.807) is 36.1 Å². The van der Waals surface area contributed by atoms with Gasteiger partial charge in [0, 0.05) is 43.0 Å². The smallest absolute Gasteiger partial charge is 0.295 e. The van der Waals surface area contributed by atoms with Gasteiger partial charge in [-0.2, -0.15) is 0 Å². The molecule has 1 aromatic carbocycles. The van der Waals surface area contributed by atoms with Crippen LogP contribution in [0.3, 0.4) is 0 Å². The van der Waals surface area contributed by atoms with Gasteiger partial charge in [-0.25, -0.2) is 4.98 Å². The van der Waals surface area contributed by atoms with Crippen LogP contribution in [0, 0.1) is 0 Å². The average Bonchev–Trinajstić information content (AvgIpc) is 3.21. The van der Waals surface area contributed by atoms with Crippen LogP contribution in [0.15, 0.2) is 42.6 Å². The molecule has 8 nitrogen and oxygen atoms in total. The minimum absolute atomic E-state index is 0.0529. The van der Waals surface area contributed by atoms with Gasteiger partial charge in [-0.15, -0.1) is 0 Å². The van der Waals surface area contributed by atoms with E-state index in [9.17, 15) is 19.2 Å². The van der Waals surface area contributed by atoms with Crippen LogP contribution in [0.4, 0.5) is 0 Å². The Kier molecular flexibility index (Phi) is 5.56. The molecule has 1 aliphatic rings. The maximum Gasteiger partial charge on any atom is 0.295 e. The monoisotopic (exact) mass is 438 g/mol. The summed E-state index contributed by atoms with van der Waals surface area (Å²) in [5, 5.41) is 0.0529. The number of nitrogens with one attached hydrogen (secondary N) is 1. The average molecular weight is 439 g/mol. The third-order valence-corrected chi connectivity index (χ3v) is 5.59. The molecule has 1 aliphatic heterocycles. The highest BCUT2D eigenvalue weighted by atomic mass is 35.5. The zero-order valence-corrected chi connectivity index (χ0v) is 17.4. The van der Waals surface area contributed by atoms with Crippen LogP contribution < -0.4 is 0 Å². The number of hydrogen-bond donors (Lipinski definition) is 1. The highest BCUT2D eigenvalue weighted by Gasteiger charge is 2.34. The second-order valence-corrected chi connectivity index (χ2v) is 7.76. The molecule has 0 saturated carbocycles. The fourth-order valence-electron chi connectivity index (χ4n) is 3.81. The number of aromatic nitrogens is 2. The van der Waals surface area contributed by atoms with Crippen LogP contribution in [0.1, 0.15) is 38.0 Å². The van der Waals surface area contributed by atoms with E-state index >= 15 is 0 Å². The molecule has 1 fully saturated rings. The maximum atomic E-state index is 13.0. The summed E-state index contributed by atoms with van der Waals surface area (Å²) < 4.78 is 0. The fourth-order valence-corrected chi connectivity index (χ4v) is 4.01. The van der Waals surface area contributed by atoms with Gasteiger partial charge in [0.2, 0.25) is 0 Å². The first-order chi connectivity index (χ1) is 14.9. The second-order valence-electron chi connectivity index (χ2n) is 7.37. The third-order valence-electron chi connectivity index (χ3n) is 5.40. The van der Waals surface area contributed by atoms with E-state index in [1.165, 1.54) is 17.2 Å². The van der Waals surface area contributed by atoms with Crippen LogP contribution in [-0.2, 0) is 4.79 Å². The molecule has 3 heterocycles. The Morgan fingerprint density at radius 1 is 1.19 bits per heavy atom. The molecule has 1 N–H and O–H groups in total. The Morgan fingerprint density at radius 3 is 2.61 bits per heavy atom. The number of aromatic amines is 1. The summed E-state index contributed by atoms with van der Waals surface area (Å²) in [6.45, 7) is 2.68. The minimum atomic E-state index is -0.743. The standard InChI is InChI=1S/C22H19ClN4O4/c1-13-11-26(21(30)14-5-3-2-4-6-14)7-8-27(13)22(31)20(29)16-10-24-18-15(12-28)9-17(23)25-19(16)18/h2-6,9-10,12-13,24H,7-8,11H2,1H3/t13-/m1/s1. The van der Waals surface area contributed by atoms with Crippen molar-refractivity contribution < 1.29 is 19.2 Å². The normalized spacial score (nSPS) is 16.4. The Labute approximate surface area is 182 Å². The molecular weight excluding hydrogens is 420 g/mol. The number of rotatable bonds is 4. The summed E-state index contributed by atoms with van der Waals surface area (Å²) in [6.07, 6.45) is 1.97. The maximum absolute atomic E-state index is 13.0. The molecule has 0 unspecified atom stereocenters. The number of carbonyl (C=O) groups is 4. The molecule has 3 aromatic rings. The lowest BCUT2D eigenvalue weighted by Gasteiger charge is -2.39. The number of carbonyl (C=O) groups excluding carboxylic acids is 4. The van der Waals surface area contributed by atoms with Gasteiger partial charge in [0.15, 0.2) is 6.29 Å². The molecule has 1 saturated heterocycles. The number of aldehydes is 1. The van der Waals surface area contributed by atoms with Gasteiger partial charge in [-0.1, -0.05) is 29.8 Å². The van der Waals surface area contributed by atoms with Gasteiger partial charge in [-0.05, 0) is 25.1 Å². The van der Waals surface area contributed by atoms with Crippen molar-refractivity contribution in [3.8, 4) is 0 Å². The van der Waals surface area contributed by atoms with Gasteiger partial charge in [0.05, 0.1) is 11.1 Å². The van der Waals surface area contributed by atoms with E-state index in [0.717, 1.165) is 0 Å². The molecule has 31 heavy (non-hydrogen) atoms. The third kappa shape index (κ3) is 3.82. The van der Waals surface area contributed by atoms with Gasteiger partial charge < -0.3 is 14.8 Å². The molecule has 9 heteroatoms. The first-order valence-corrected chi connectivity index (χ1v) is 10.1. The Morgan fingerprint density at radius 2 is 1.94 bits per heavy atom. The van der Waals surface area contributed by atoms with Crippen LogP contribution in [0.5, 0.6) is 0 Å². The number of halogens is 1. The number of benzene rings is 1. The van der Waals surface area contributed by atoms with E-state index in [4.69, 9.17) is 11.6 Å². The zero-order valence-electron chi connectivity index (χ0n) is 16.7. The largest absolute Gasteiger partial charge is 0.359 e. The summed E-state index contributed by atoms with van der Waals surface area (Å²) >= 11 is 5.96. The number of nitrogens with zero attached hydrogens (tertiary/aromatic N) is 3. The van der Waals surface area contributed by atoms with Crippen LogP contribution in [0.25, 0.3) is 11.0 Å². The van der Waals surface area contributed by atoms with Crippen molar-refractivity contribution in [2.45, 2.75) is 13.0 Å². The number of Topliss-reactive ketones (excluding diaryl/α,β-unsaturated/α-hetero) is 1. The van der Waals surface area contributed by atoms with Crippen molar-refractivity contribution in [2.24, 2.45) is 0 Å². The molecule has 4 rings (SSSR count). The summed E-state index contributed by atoms with van der Waals surface area (Å²) in [4.78, 5) is 59.9. The first kappa shape index (κ1) is 20.7. The van der Waals surface area contributed by atoms with Crippen LogP contribution in [-0.4, -0.2) is 69.3 Å². The predicted molar refractivity (Wildman–Crippen MR) is 114 cm³/mol. The van der Waals surface area contributed by atoms with Crippen molar-refractivity contribution >= 4 is 46.5 Å². The molecule has 0 spiro atoms. The quantitative estimate of drug-likeness (QED) is 0.292. The number of fused-ring (bicyclic) bond motifs is 1. The molecular formula is C22H19ClN4O4. The Hall–Kier alpha value is -3.52. The van der Waals surface area contributed by atoms with E-state index in [0.29, 0.717) is 30.5 Å². The van der Waals surface area contributed by atoms with Crippen molar-refractivity contribution in [3.63, 3.8) is 0 Å². The Balaban J connectivity index is 1.52. The number of hydrogen-bond acceptors (Lipinski definition) is 5. The van der Waals surface area contributed by atoms with Crippen LogP contribution >= 0.6 is 11.6 Å². The van der Waals surface area contributed by atoms with Gasteiger partial charge in [-0.3, -0.25) is 19.2 Å². The Bertz CT molecular complexity index is 1190. The van der Waals surface area contributed by atoms with E-state index in [-0.39, 0.29) is 40.3 Å². The number of amides is 2. The first-order valence-electron chi connectivity index (χ1n) is 9.73. The van der Waals surface area contributed by atoms with Crippen molar-refractivity contribution in [1.82, 2.24) is 19.8 Å². The molecule has 1 atom stereocenters. The predicted octanol–water partition coefficient (Wildman–Crippen LogP) is 2.58. The fraction of sp³-hybridized carbons (Fsp3) is 0.227. The topological polar surface area (TPSA) is 103 Å². The molecule has 2 amide bonds. The molecule has 2 aromatic heterocycles. The lowest BCUT2D eigenvalue weighted by Crippen LogP contribution is -2.56. The SMILES string of the molecule is C[C@@H]1CN(C(=O)c2ccccc2)CCN1C(=O)C(=O)c1c[nH]c2c(C=O)cc(Cl)nc12. The lowest BCUT2D eigenvalue weighted by atomic mass is 10.1. The lowest BCUT2D eigenvalue weighted by molar-refractivity contribution is -0.130. The van der Waals surface area contributed by atoms with E-state index in [1.807, 2.05) is 6.07 Å². The van der Waals surface area contributed by atoms with Crippen molar-refractivity contribution in [2.75, 3.05) is 19.6 Å². The molecule has 0 radical (unpaired) electrons. The van der Waals surface area contributed by atoms with E-state index < -0.39 is 11.7 Å². The number of piperazine rings is 1. The van der Waals surface area contributed by atoms with Gasteiger partial charge in [0.25, 0.3) is 17.6 Å². The van der Waals surface area contributed by atoms with Crippen molar-refractivity contribution in [1.29, 1.82) is 0 Å². The number of ketones is 1. The minimum Gasteiger partial charge on any atom is -0.359 e. The molecule has 158 valence electrons. The highest BCUT2D eigenvalue weighted by Crippen LogP contribution is 2.24. The summed E-state index contributed by atoms with van der Waals surface area (Å²) in [6, 6.07) is 9.97. The second kappa shape index (κ2) is 8.31. The molecule has 0 aliphatic carbocycles. The van der Waals surface area contributed by atoms with Crippen molar-refractivity contribution in [3.05, 3.63) is 64.4 Å². The number of pyridine rings is 1. The highest BCUT2D eigenvalue weighted by molar-refractivity contribution is 6.45. The van der Waals surface area contributed by atoms with Gasteiger partial charge >= 0.3 is 0 Å². The number of H-pyrrole nitrogens is 1. The zero-order chi connectivity index (χ0) is 22.1. The summed E-state index contributed by atoms with van der Waals surface area (Å²) in [5.41, 5.74) is 1.42. The van der Waals surface area contributed by atoms with Gasteiger partial charge in [0.1, 0.15) is 10.7 Å². The summed E-state index contributed by atoms with van der Waals surface area (Å²) in [5.74, 6) is -1.54. The summed E-state index contributed by atoms with van der Waals surface area (Å²) in [7, 11) is 0. The van der Waals surface area contributed by atoms with Crippen LogP contribution in [0.2, 0.25) is 5.15 Å².